The molecule has 3 rings (SSSR count). The predicted octanol–water partition coefficient (Wildman–Crippen LogP) is 24.2. The molecule has 0 aliphatic carbocycles. The van der Waals surface area contributed by atoms with Crippen molar-refractivity contribution in [3.8, 4) is 0 Å². The molecule has 3 heteroatoms. The Morgan fingerprint density at radius 2 is 0.792 bits per heavy atom. The number of aryl methyl sites for hydroxylation is 2. The Bertz CT molecular complexity index is 1550. The van der Waals surface area contributed by atoms with Crippen molar-refractivity contribution in [1.82, 2.24) is 0 Å². The molecule has 72 heavy (non-hydrogen) atoms. The first-order valence-corrected chi connectivity index (χ1v) is 31.4. The first-order valence-electron chi connectivity index (χ1n) is 31.4. The molecule has 2 aromatic rings. The van der Waals surface area contributed by atoms with Crippen LogP contribution in [0, 0.1) is 13.8 Å². The van der Waals surface area contributed by atoms with E-state index in [1.807, 2.05) is 0 Å². The molecule has 1 heterocycles. The quantitative estimate of drug-likeness (QED) is 0.0274. The van der Waals surface area contributed by atoms with Crippen LogP contribution in [-0.4, -0.2) is 4.70 Å². The Balaban J connectivity index is 0.00000152. The Hall–Kier alpha value is -2.25. The molecular weight excluding hydrogens is 915 g/mol. The summed E-state index contributed by atoms with van der Waals surface area (Å²) in [6.07, 6.45) is 61.7. The van der Waals surface area contributed by atoms with Crippen molar-refractivity contribution in [3.63, 3.8) is 0 Å². The molecule has 0 spiro atoms. The van der Waals surface area contributed by atoms with Crippen molar-refractivity contribution in [1.29, 1.82) is 0 Å². The third-order valence-electron chi connectivity index (χ3n) is 14.7. The number of allylic oxidation sites excluding steroid dienone is 4. The van der Waals surface area contributed by atoms with Gasteiger partial charge in [-0.2, -0.15) is 12.8 Å². The topological polar surface area (TPSA) is 25.3 Å². The minimum absolute atomic E-state index is 0. The SMILES string of the molecule is CCCCCCCC=CC1=C(c2cccc(CC)c2)[N+](=[N-])C(c2ccc(CCCCCCCC)cc2)=C1CCCCCCCC.[CH2-]CCCCCCCCCCCC.[CH2-]CCCCCCCCCCCC.[Ni+2]. The van der Waals surface area contributed by atoms with Crippen molar-refractivity contribution < 1.29 is 21.2 Å². The van der Waals surface area contributed by atoms with Crippen molar-refractivity contribution in [3.05, 3.63) is 113 Å². The summed E-state index contributed by atoms with van der Waals surface area (Å²) in [6.45, 7) is 21.3. The van der Waals surface area contributed by atoms with Crippen LogP contribution in [0.2, 0.25) is 0 Å². The molecule has 0 saturated carbocycles. The van der Waals surface area contributed by atoms with Gasteiger partial charge in [0.15, 0.2) is 0 Å². The van der Waals surface area contributed by atoms with Gasteiger partial charge >= 0.3 is 16.5 Å². The van der Waals surface area contributed by atoms with Gasteiger partial charge in [-0.1, -0.05) is 296 Å². The maximum absolute atomic E-state index is 12.0. The summed E-state index contributed by atoms with van der Waals surface area (Å²) in [6, 6.07) is 17.9. The molecule has 2 nitrogen and oxygen atoms in total. The molecule has 1 aliphatic heterocycles. The Morgan fingerprint density at radius 3 is 1.21 bits per heavy atom. The maximum atomic E-state index is 12.0. The van der Waals surface area contributed by atoms with E-state index in [9.17, 15) is 5.53 Å². The summed E-state index contributed by atoms with van der Waals surface area (Å²) in [5, 5.41) is 0. The molecule has 0 fully saturated rings. The molecule has 0 N–H and O–H groups in total. The molecule has 0 amide bonds. The van der Waals surface area contributed by atoms with E-state index in [2.05, 4.69) is 116 Å². The second kappa shape index (κ2) is 52.2. The van der Waals surface area contributed by atoms with Crippen molar-refractivity contribution in [2.45, 2.75) is 318 Å². The fourth-order valence-corrected chi connectivity index (χ4v) is 9.99. The van der Waals surface area contributed by atoms with Crippen LogP contribution in [0.3, 0.4) is 0 Å². The largest absolute Gasteiger partial charge is 2.00 e. The monoisotopic (exact) mass is 1030 g/mol. The van der Waals surface area contributed by atoms with Crippen LogP contribution in [0.25, 0.3) is 16.9 Å². The zero-order chi connectivity index (χ0) is 51.7. The van der Waals surface area contributed by atoms with Gasteiger partial charge in [-0.05, 0) is 80.3 Å². The number of hydrogen-bond donors (Lipinski definition) is 0. The number of hydrogen-bond acceptors (Lipinski definition) is 0. The van der Waals surface area contributed by atoms with E-state index in [4.69, 9.17) is 0 Å². The van der Waals surface area contributed by atoms with Gasteiger partial charge in [0.25, 0.3) is 0 Å². The van der Waals surface area contributed by atoms with Crippen LogP contribution >= 0.6 is 0 Å². The summed E-state index contributed by atoms with van der Waals surface area (Å²) < 4.78 is 1.53. The van der Waals surface area contributed by atoms with E-state index in [-0.39, 0.29) is 16.5 Å². The first-order chi connectivity index (χ1) is 35.0. The van der Waals surface area contributed by atoms with Crippen molar-refractivity contribution in [2.24, 2.45) is 0 Å². The minimum atomic E-state index is 0. The average molecular weight is 1030 g/mol. The van der Waals surface area contributed by atoms with Crippen LogP contribution in [0.15, 0.2) is 71.8 Å². The van der Waals surface area contributed by atoms with Crippen LogP contribution < -0.4 is 0 Å². The maximum Gasteiger partial charge on any atom is 2.00 e. The Morgan fingerprint density at radius 1 is 0.403 bits per heavy atom. The van der Waals surface area contributed by atoms with Gasteiger partial charge in [0.05, 0.1) is 5.57 Å². The normalized spacial score (nSPS) is 12.4. The molecule has 0 bridgehead atoms. The van der Waals surface area contributed by atoms with E-state index in [0.29, 0.717) is 0 Å². The van der Waals surface area contributed by atoms with E-state index in [1.165, 1.54) is 258 Å². The molecule has 0 unspecified atom stereocenters. The van der Waals surface area contributed by atoms with Gasteiger partial charge in [-0.15, -0.1) is 0 Å². The molecular formula is C69H118N2Ni. The summed E-state index contributed by atoms with van der Waals surface area (Å²) in [4.78, 5) is 0. The van der Waals surface area contributed by atoms with Crippen LogP contribution in [0.4, 0.5) is 0 Å². The minimum Gasteiger partial charge on any atom is -0.493 e. The Kier molecular flexibility index (Phi) is 50.6. The van der Waals surface area contributed by atoms with Crippen molar-refractivity contribution in [2.75, 3.05) is 0 Å². The van der Waals surface area contributed by atoms with Gasteiger partial charge in [-0.3, -0.25) is 0 Å². The fraction of sp³-hybridized carbons (Fsp3) is 0.710. The van der Waals surface area contributed by atoms with E-state index >= 15 is 0 Å². The standard InChI is InChI=1S/C43H64N2.2C13H27.Ni/c1-5-9-12-15-18-21-24-30-41-40(29-23-20-17-14-11-7-3)42(45(44)43(41)39-28-25-27-36(8-4)35-39)38-33-31-37(32-34-38)26-22-19-16-13-10-6-2;2*1-3-5-7-9-11-13-12-10-8-6-4-2;/h24-25,27-28,30-35H,5-23,26,29H2,1-4H3;2*1,3-13H2,2H3;/q;2*-1;+2. The third-order valence-corrected chi connectivity index (χ3v) is 14.7. The summed E-state index contributed by atoms with van der Waals surface area (Å²) in [5.41, 5.74) is 21.4. The molecule has 0 radical (unpaired) electrons. The third kappa shape index (κ3) is 35.1. The second-order valence-corrected chi connectivity index (χ2v) is 21.4. The summed E-state index contributed by atoms with van der Waals surface area (Å²) in [7, 11) is 0. The Labute approximate surface area is 461 Å². The average Bonchev–Trinajstić information content (AvgIpc) is 3.67. The molecule has 0 saturated heterocycles. The van der Waals surface area contributed by atoms with Gasteiger partial charge in [0.2, 0.25) is 11.4 Å². The van der Waals surface area contributed by atoms with Crippen molar-refractivity contribution >= 4 is 11.4 Å². The zero-order valence-corrected chi connectivity index (χ0v) is 49.8. The number of rotatable bonds is 44. The zero-order valence-electron chi connectivity index (χ0n) is 48.8. The van der Waals surface area contributed by atoms with E-state index in [0.717, 1.165) is 67.5 Å². The van der Waals surface area contributed by atoms with E-state index in [1.54, 1.807) is 0 Å². The summed E-state index contributed by atoms with van der Waals surface area (Å²) in [5.74, 6) is 0. The van der Waals surface area contributed by atoms with Gasteiger partial charge in [0, 0.05) is 16.7 Å². The smallest absolute Gasteiger partial charge is 0.493 e. The van der Waals surface area contributed by atoms with Gasteiger partial charge in [-0.25, -0.2) is 4.70 Å². The number of benzene rings is 2. The number of unbranched alkanes of at least 4 members (excludes halogenated alkanes) is 35. The predicted molar refractivity (Wildman–Crippen MR) is 321 cm³/mol. The number of nitrogens with zero attached hydrogens (tertiary/aromatic N) is 2. The second-order valence-electron chi connectivity index (χ2n) is 21.4. The molecule has 414 valence electrons. The fourth-order valence-electron chi connectivity index (χ4n) is 9.99. The van der Waals surface area contributed by atoms with Crippen LogP contribution in [0.5, 0.6) is 0 Å². The molecule has 2 aromatic carbocycles. The molecule has 1 aliphatic rings. The van der Waals surface area contributed by atoms with E-state index < -0.39 is 0 Å². The first kappa shape index (κ1) is 69.8. The van der Waals surface area contributed by atoms with Crippen LogP contribution in [-0.2, 0) is 29.3 Å². The van der Waals surface area contributed by atoms with Gasteiger partial charge in [0.1, 0.15) is 0 Å². The molecule has 0 aromatic heterocycles. The molecule has 0 atom stereocenters. The van der Waals surface area contributed by atoms with Crippen LogP contribution in [0.1, 0.15) is 327 Å². The van der Waals surface area contributed by atoms with Gasteiger partial charge < -0.3 is 19.4 Å². The summed E-state index contributed by atoms with van der Waals surface area (Å²) >= 11 is 0.